The van der Waals surface area contributed by atoms with Crippen LogP contribution in [0.3, 0.4) is 0 Å². The monoisotopic (exact) mass is 576 g/mol. The lowest BCUT2D eigenvalue weighted by Gasteiger charge is -2.41. The van der Waals surface area contributed by atoms with Gasteiger partial charge in [-0.25, -0.2) is 0 Å². The lowest BCUT2D eigenvalue weighted by Crippen LogP contribution is -2.61. The molecule has 0 aromatic rings. The molecule has 0 aliphatic carbocycles. The summed E-state index contributed by atoms with van der Waals surface area (Å²) in [6.07, 6.45) is 6.13. The molecule has 3 fully saturated rings. The summed E-state index contributed by atoms with van der Waals surface area (Å²) in [6.45, 7) is 13.1. The standard InChI is InChI=1S/C31H56N6O4/c1-21(2)25(20-36-18-12-15-23(36)29(40)37-19-13-16-24(37)28(39)33(6)7)35(9)30(41)26(31(3,4)5)32-27(38)22-14-10-11-17-34(22)8/h21-26H,10-20H2,1-9H3,(H,32,38)/t22-,23+,24?,25-,26?/m1/s1. The van der Waals surface area contributed by atoms with Crippen molar-refractivity contribution in [1.82, 2.24) is 29.8 Å². The maximum absolute atomic E-state index is 14.1. The van der Waals surface area contributed by atoms with Crippen LogP contribution in [-0.2, 0) is 19.2 Å². The van der Waals surface area contributed by atoms with Gasteiger partial charge in [-0.15, -0.1) is 0 Å². The first kappa shape index (κ1) is 33.3. The van der Waals surface area contributed by atoms with Gasteiger partial charge < -0.3 is 20.0 Å². The van der Waals surface area contributed by atoms with Crippen LogP contribution >= 0.6 is 0 Å². The minimum absolute atomic E-state index is 0.0135. The number of carbonyl (C=O) groups excluding carboxylic acids is 4. The highest BCUT2D eigenvalue weighted by molar-refractivity contribution is 5.91. The van der Waals surface area contributed by atoms with E-state index in [9.17, 15) is 19.2 Å². The molecule has 0 aromatic carbocycles. The zero-order valence-electron chi connectivity index (χ0n) is 27.1. The third-order valence-corrected chi connectivity index (χ3v) is 9.42. The lowest BCUT2D eigenvalue weighted by molar-refractivity contribution is -0.146. The second-order valence-corrected chi connectivity index (χ2v) is 14.1. The normalized spacial score (nSPS) is 25.7. The summed E-state index contributed by atoms with van der Waals surface area (Å²) in [5, 5.41) is 3.13. The zero-order chi connectivity index (χ0) is 30.6. The van der Waals surface area contributed by atoms with E-state index in [2.05, 4.69) is 29.0 Å². The van der Waals surface area contributed by atoms with Crippen molar-refractivity contribution in [2.24, 2.45) is 11.3 Å². The SMILES string of the molecule is CC(C)[C@@H](CN1CCC[C@H]1C(=O)N1CCCC1C(=O)N(C)C)N(C)C(=O)C(NC(=O)[C@H]1CCCCN1C)C(C)(C)C. The zero-order valence-corrected chi connectivity index (χ0v) is 27.1. The molecule has 0 spiro atoms. The Labute approximate surface area is 248 Å². The fourth-order valence-electron chi connectivity index (χ4n) is 6.78. The van der Waals surface area contributed by atoms with Crippen LogP contribution in [0.2, 0.25) is 0 Å². The summed E-state index contributed by atoms with van der Waals surface area (Å²) in [4.78, 5) is 63.4. The van der Waals surface area contributed by atoms with Gasteiger partial charge in [-0.05, 0) is 70.0 Å². The van der Waals surface area contributed by atoms with E-state index < -0.39 is 11.5 Å². The molecule has 0 aromatic heterocycles. The predicted octanol–water partition coefficient (Wildman–Crippen LogP) is 2.03. The molecular formula is C31H56N6O4. The molecule has 234 valence electrons. The van der Waals surface area contributed by atoms with Crippen molar-refractivity contribution >= 4 is 23.6 Å². The number of hydrogen-bond acceptors (Lipinski definition) is 6. The number of carbonyl (C=O) groups is 4. The quantitative estimate of drug-likeness (QED) is 0.451. The summed E-state index contributed by atoms with van der Waals surface area (Å²) in [6, 6.07) is -1.67. The van der Waals surface area contributed by atoms with Crippen molar-refractivity contribution in [3.63, 3.8) is 0 Å². The second kappa shape index (κ2) is 13.8. The molecule has 0 saturated carbocycles. The second-order valence-electron chi connectivity index (χ2n) is 14.1. The molecule has 0 radical (unpaired) electrons. The van der Waals surface area contributed by atoms with E-state index in [4.69, 9.17) is 0 Å². The Bertz CT molecular complexity index is 947. The lowest BCUT2D eigenvalue weighted by atomic mass is 9.84. The molecular weight excluding hydrogens is 520 g/mol. The molecule has 3 rings (SSSR count). The molecule has 3 aliphatic rings. The molecule has 3 saturated heterocycles. The summed E-state index contributed by atoms with van der Waals surface area (Å²) in [7, 11) is 7.30. The fraction of sp³-hybridized carbons (Fsp3) is 0.871. The van der Waals surface area contributed by atoms with Crippen LogP contribution < -0.4 is 5.32 Å². The van der Waals surface area contributed by atoms with Gasteiger partial charge in [-0.3, -0.25) is 29.0 Å². The van der Waals surface area contributed by atoms with Crippen LogP contribution in [0, 0.1) is 11.3 Å². The number of nitrogens with one attached hydrogen (secondary N) is 1. The maximum atomic E-state index is 14.1. The van der Waals surface area contributed by atoms with Gasteiger partial charge in [-0.2, -0.15) is 0 Å². The van der Waals surface area contributed by atoms with Crippen molar-refractivity contribution in [3.05, 3.63) is 0 Å². The molecule has 3 aliphatic heterocycles. The number of piperidine rings is 1. The number of hydrogen-bond donors (Lipinski definition) is 1. The summed E-state index contributed by atoms with van der Waals surface area (Å²) >= 11 is 0. The van der Waals surface area contributed by atoms with E-state index in [1.165, 1.54) is 0 Å². The smallest absolute Gasteiger partial charge is 0.245 e. The van der Waals surface area contributed by atoms with Gasteiger partial charge in [0.1, 0.15) is 12.1 Å². The fourth-order valence-corrected chi connectivity index (χ4v) is 6.78. The first-order valence-corrected chi connectivity index (χ1v) is 15.7. The first-order valence-electron chi connectivity index (χ1n) is 15.7. The van der Waals surface area contributed by atoms with Crippen molar-refractivity contribution in [3.8, 4) is 0 Å². The Balaban J connectivity index is 1.74. The summed E-state index contributed by atoms with van der Waals surface area (Å²) < 4.78 is 0. The Hall–Kier alpha value is -2.20. The highest BCUT2D eigenvalue weighted by atomic mass is 16.2. The Kier molecular flexibility index (Phi) is 11.2. The average molecular weight is 577 g/mol. The van der Waals surface area contributed by atoms with Crippen LogP contribution in [0.25, 0.3) is 0 Å². The number of amides is 4. The number of nitrogens with zero attached hydrogens (tertiary/aromatic N) is 5. The van der Waals surface area contributed by atoms with Gasteiger partial charge in [-0.1, -0.05) is 41.0 Å². The van der Waals surface area contributed by atoms with Gasteiger partial charge in [0.25, 0.3) is 0 Å². The van der Waals surface area contributed by atoms with Crippen LogP contribution in [0.5, 0.6) is 0 Å². The average Bonchev–Trinajstić information content (AvgIpc) is 3.58. The Morgan fingerprint density at radius 1 is 0.854 bits per heavy atom. The molecule has 41 heavy (non-hydrogen) atoms. The largest absolute Gasteiger partial charge is 0.347 e. The minimum Gasteiger partial charge on any atom is -0.347 e. The van der Waals surface area contributed by atoms with E-state index in [1.807, 2.05) is 34.9 Å². The summed E-state index contributed by atoms with van der Waals surface area (Å²) in [5.74, 6) is -0.00145. The van der Waals surface area contributed by atoms with E-state index in [-0.39, 0.29) is 53.7 Å². The number of likely N-dealkylation sites (tertiary alicyclic amines) is 3. The number of rotatable bonds is 9. The van der Waals surface area contributed by atoms with Crippen LogP contribution in [0.15, 0.2) is 0 Å². The van der Waals surface area contributed by atoms with Crippen molar-refractivity contribution in [2.75, 3.05) is 54.4 Å². The van der Waals surface area contributed by atoms with E-state index >= 15 is 0 Å². The van der Waals surface area contributed by atoms with Gasteiger partial charge in [0, 0.05) is 40.3 Å². The van der Waals surface area contributed by atoms with E-state index in [1.54, 1.807) is 28.8 Å². The molecule has 3 heterocycles. The number of likely N-dealkylation sites (N-methyl/N-ethyl adjacent to an activating group) is 3. The molecule has 2 unspecified atom stereocenters. The van der Waals surface area contributed by atoms with Gasteiger partial charge >= 0.3 is 0 Å². The Morgan fingerprint density at radius 2 is 1.46 bits per heavy atom. The third kappa shape index (κ3) is 7.80. The molecule has 1 N–H and O–H groups in total. The van der Waals surface area contributed by atoms with Crippen molar-refractivity contribution < 1.29 is 19.2 Å². The molecule has 4 amide bonds. The molecule has 0 bridgehead atoms. The van der Waals surface area contributed by atoms with Gasteiger partial charge in [0.15, 0.2) is 0 Å². The minimum atomic E-state index is -0.657. The van der Waals surface area contributed by atoms with Crippen LogP contribution in [0.1, 0.15) is 79.6 Å². The van der Waals surface area contributed by atoms with Crippen molar-refractivity contribution in [1.29, 1.82) is 0 Å². The molecule has 10 heteroatoms. The molecule has 5 atom stereocenters. The van der Waals surface area contributed by atoms with Crippen LogP contribution in [0.4, 0.5) is 0 Å². The van der Waals surface area contributed by atoms with E-state index in [0.29, 0.717) is 19.5 Å². The highest BCUT2D eigenvalue weighted by Crippen LogP contribution is 2.28. The predicted molar refractivity (Wildman–Crippen MR) is 161 cm³/mol. The summed E-state index contributed by atoms with van der Waals surface area (Å²) in [5.41, 5.74) is -0.467. The highest BCUT2D eigenvalue weighted by Gasteiger charge is 2.43. The van der Waals surface area contributed by atoms with E-state index in [0.717, 1.165) is 51.6 Å². The maximum Gasteiger partial charge on any atom is 0.245 e. The van der Waals surface area contributed by atoms with Crippen molar-refractivity contribution in [2.45, 2.75) is 110 Å². The Morgan fingerprint density at radius 3 is 2.05 bits per heavy atom. The van der Waals surface area contributed by atoms with Gasteiger partial charge in [0.2, 0.25) is 23.6 Å². The molecule has 10 nitrogen and oxygen atoms in total. The van der Waals surface area contributed by atoms with Crippen LogP contribution in [-0.4, -0.2) is 133 Å². The third-order valence-electron chi connectivity index (χ3n) is 9.42. The topological polar surface area (TPSA) is 96.5 Å². The van der Waals surface area contributed by atoms with Gasteiger partial charge in [0.05, 0.1) is 12.1 Å². The first-order chi connectivity index (χ1) is 19.1.